The molecule has 1 aromatic carbocycles. The van der Waals surface area contributed by atoms with Gasteiger partial charge in [0, 0.05) is 22.6 Å². The van der Waals surface area contributed by atoms with Gasteiger partial charge in [0.2, 0.25) is 0 Å². The molecule has 0 aliphatic rings. The highest BCUT2D eigenvalue weighted by Crippen LogP contribution is 2.15. The van der Waals surface area contributed by atoms with Gasteiger partial charge in [-0.2, -0.15) is 0 Å². The van der Waals surface area contributed by atoms with Gasteiger partial charge in [-0.1, -0.05) is 52.3 Å². The molecule has 1 aromatic rings. The summed E-state index contributed by atoms with van der Waals surface area (Å²) in [6.45, 7) is 5.04. The van der Waals surface area contributed by atoms with Crippen LogP contribution in [0, 0.1) is 0 Å². The smallest absolute Gasteiger partial charge is 0.0310 e. The van der Waals surface area contributed by atoms with Crippen molar-refractivity contribution in [2.24, 2.45) is 0 Å². The number of rotatable bonds is 4. The van der Waals surface area contributed by atoms with Gasteiger partial charge in [-0.3, -0.25) is 0 Å². The van der Waals surface area contributed by atoms with Crippen LogP contribution in [0.25, 0.3) is 0 Å². The van der Waals surface area contributed by atoms with Gasteiger partial charge in [0.25, 0.3) is 0 Å². The standard InChI is InChI=1S/C10H11BrClN/c1-8(12)6-13-7-9-4-2-3-5-10(9)11/h2-5,13H,1,6-7H2. The van der Waals surface area contributed by atoms with Crippen LogP contribution in [-0.4, -0.2) is 6.54 Å². The summed E-state index contributed by atoms with van der Waals surface area (Å²) in [6.07, 6.45) is 0. The predicted octanol–water partition coefficient (Wildman–Crippen LogP) is 3.29. The fourth-order valence-electron chi connectivity index (χ4n) is 0.975. The zero-order chi connectivity index (χ0) is 9.68. The largest absolute Gasteiger partial charge is 0.308 e. The van der Waals surface area contributed by atoms with Crippen LogP contribution in [0.2, 0.25) is 0 Å². The molecular formula is C10H11BrClN. The lowest BCUT2D eigenvalue weighted by Crippen LogP contribution is -2.14. The van der Waals surface area contributed by atoms with Crippen LogP contribution in [0.5, 0.6) is 0 Å². The topological polar surface area (TPSA) is 12.0 Å². The lowest BCUT2D eigenvalue weighted by molar-refractivity contribution is 0.752. The number of nitrogens with one attached hydrogen (secondary N) is 1. The normalized spacial score (nSPS) is 10.0. The molecule has 0 fully saturated rings. The maximum Gasteiger partial charge on any atom is 0.0310 e. The quantitative estimate of drug-likeness (QED) is 0.876. The molecule has 0 radical (unpaired) electrons. The van der Waals surface area contributed by atoms with E-state index in [1.807, 2.05) is 18.2 Å². The van der Waals surface area contributed by atoms with Crippen LogP contribution in [-0.2, 0) is 6.54 Å². The van der Waals surface area contributed by atoms with Crippen molar-refractivity contribution in [1.29, 1.82) is 0 Å². The summed E-state index contributed by atoms with van der Waals surface area (Å²) in [5, 5.41) is 3.81. The Balaban J connectivity index is 2.45. The zero-order valence-electron chi connectivity index (χ0n) is 7.19. The van der Waals surface area contributed by atoms with E-state index in [2.05, 4.69) is 33.9 Å². The summed E-state index contributed by atoms with van der Waals surface area (Å²) < 4.78 is 1.11. The lowest BCUT2D eigenvalue weighted by atomic mass is 10.2. The first-order valence-corrected chi connectivity index (χ1v) is 5.14. The summed E-state index contributed by atoms with van der Waals surface area (Å²) in [5.41, 5.74) is 1.22. The van der Waals surface area contributed by atoms with E-state index >= 15 is 0 Å². The highest BCUT2D eigenvalue weighted by molar-refractivity contribution is 9.10. The molecule has 0 atom stereocenters. The van der Waals surface area contributed by atoms with Crippen molar-refractivity contribution in [3.8, 4) is 0 Å². The minimum Gasteiger partial charge on any atom is -0.308 e. The van der Waals surface area contributed by atoms with E-state index in [0.717, 1.165) is 11.0 Å². The van der Waals surface area contributed by atoms with E-state index in [1.165, 1.54) is 5.56 Å². The molecule has 0 spiro atoms. The van der Waals surface area contributed by atoms with Gasteiger partial charge in [-0.05, 0) is 11.6 Å². The molecular weight excluding hydrogens is 249 g/mol. The van der Waals surface area contributed by atoms with E-state index < -0.39 is 0 Å². The molecule has 0 heterocycles. The predicted molar refractivity (Wildman–Crippen MR) is 60.8 cm³/mol. The van der Waals surface area contributed by atoms with E-state index in [1.54, 1.807) is 0 Å². The van der Waals surface area contributed by atoms with Gasteiger partial charge in [-0.15, -0.1) is 0 Å². The Kier molecular flexibility index (Phi) is 4.50. The molecule has 0 saturated heterocycles. The third-order valence-electron chi connectivity index (χ3n) is 1.59. The minimum atomic E-state index is 0.632. The molecule has 0 bridgehead atoms. The van der Waals surface area contributed by atoms with Crippen LogP contribution in [0.1, 0.15) is 5.56 Å². The molecule has 0 aliphatic heterocycles. The maximum atomic E-state index is 5.62. The summed E-state index contributed by atoms with van der Waals surface area (Å²) >= 11 is 9.08. The third-order valence-corrected chi connectivity index (χ3v) is 2.50. The van der Waals surface area contributed by atoms with E-state index in [4.69, 9.17) is 11.6 Å². The second-order valence-corrected chi connectivity index (χ2v) is 4.10. The van der Waals surface area contributed by atoms with Crippen LogP contribution < -0.4 is 5.32 Å². The fourth-order valence-corrected chi connectivity index (χ4v) is 1.49. The first kappa shape index (κ1) is 10.8. The van der Waals surface area contributed by atoms with Crippen molar-refractivity contribution in [1.82, 2.24) is 5.32 Å². The summed E-state index contributed by atoms with van der Waals surface area (Å²) in [7, 11) is 0. The molecule has 0 aliphatic carbocycles. The van der Waals surface area contributed by atoms with Crippen molar-refractivity contribution in [3.63, 3.8) is 0 Å². The summed E-state index contributed by atoms with van der Waals surface area (Å²) in [4.78, 5) is 0. The van der Waals surface area contributed by atoms with Crippen LogP contribution >= 0.6 is 27.5 Å². The monoisotopic (exact) mass is 259 g/mol. The number of halogens is 2. The van der Waals surface area contributed by atoms with Crippen molar-refractivity contribution < 1.29 is 0 Å². The second kappa shape index (κ2) is 5.43. The van der Waals surface area contributed by atoms with E-state index in [9.17, 15) is 0 Å². The molecule has 1 nitrogen and oxygen atoms in total. The number of hydrogen-bond donors (Lipinski definition) is 1. The third kappa shape index (κ3) is 3.94. The molecule has 70 valence electrons. The van der Waals surface area contributed by atoms with Gasteiger partial charge in [0.15, 0.2) is 0 Å². The summed E-state index contributed by atoms with van der Waals surface area (Å²) in [5.74, 6) is 0. The van der Waals surface area contributed by atoms with Crippen molar-refractivity contribution >= 4 is 27.5 Å². The van der Waals surface area contributed by atoms with Crippen LogP contribution in [0.15, 0.2) is 40.3 Å². The summed E-state index contributed by atoms with van der Waals surface area (Å²) in [6, 6.07) is 8.09. The Hall–Kier alpha value is -0.310. The number of hydrogen-bond acceptors (Lipinski definition) is 1. The van der Waals surface area contributed by atoms with Crippen molar-refractivity contribution in [2.45, 2.75) is 6.54 Å². The Labute approximate surface area is 91.9 Å². The van der Waals surface area contributed by atoms with Crippen LogP contribution in [0.3, 0.4) is 0 Å². The maximum absolute atomic E-state index is 5.62. The average molecular weight is 261 g/mol. The highest BCUT2D eigenvalue weighted by Gasteiger charge is 1.96. The van der Waals surface area contributed by atoms with E-state index in [0.29, 0.717) is 11.6 Å². The molecule has 3 heteroatoms. The van der Waals surface area contributed by atoms with Gasteiger partial charge in [-0.25, -0.2) is 0 Å². The molecule has 0 saturated carbocycles. The first-order valence-electron chi connectivity index (χ1n) is 3.97. The molecule has 1 N–H and O–H groups in total. The average Bonchev–Trinajstić information content (AvgIpc) is 2.08. The van der Waals surface area contributed by atoms with Gasteiger partial charge >= 0.3 is 0 Å². The molecule has 0 amide bonds. The second-order valence-electron chi connectivity index (χ2n) is 2.71. The minimum absolute atomic E-state index is 0.632. The van der Waals surface area contributed by atoms with Crippen molar-refractivity contribution in [2.75, 3.05) is 6.54 Å². The SMILES string of the molecule is C=C(Cl)CNCc1ccccc1Br. The Morgan fingerprint density at radius 1 is 1.46 bits per heavy atom. The van der Waals surface area contributed by atoms with Gasteiger partial charge in [0.1, 0.15) is 0 Å². The fraction of sp³-hybridized carbons (Fsp3) is 0.200. The molecule has 0 unspecified atom stereocenters. The van der Waals surface area contributed by atoms with Crippen LogP contribution in [0.4, 0.5) is 0 Å². The van der Waals surface area contributed by atoms with Gasteiger partial charge in [0.05, 0.1) is 0 Å². The molecule has 1 rings (SSSR count). The molecule has 0 aromatic heterocycles. The lowest BCUT2D eigenvalue weighted by Gasteiger charge is -2.05. The number of benzene rings is 1. The first-order chi connectivity index (χ1) is 6.20. The van der Waals surface area contributed by atoms with Crippen molar-refractivity contribution in [3.05, 3.63) is 45.9 Å². The Morgan fingerprint density at radius 3 is 2.77 bits per heavy atom. The Bertz CT molecular complexity index is 299. The zero-order valence-corrected chi connectivity index (χ0v) is 9.53. The molecule has 13 heavy (non-hydrogen) atoms. The highest BCUT2D eigenvalue weighted by atomic mass is 79.9. The van der Waals surface area contributed by atoms with E-state index in [-0.39, 0.29) is 0 Å². The Morgan fingerprint density at radius 2 is 2.15 bits per heavy atom. The van der Waals surface area contributed by atoms with Gasteiger partial charge < -0.3 is 5.32 Å².